The lowest BCUT2D eigenvalue weighted by Crippen LogP contribution is -2.40. The highest BCUT2D eigenvalue weighted by atomic mass is 32.1. The number of esters is 1. The molecular formula is C42H26N8O2S2Si. The molecule has 0 fully saturated rings. The molecule has 2 aliphatic rings. The predicted octanol–water partition coefficient (Wildman–Crippen LogP) is 8.21. The predicted molar refractivity (Wildman–Crippen MR) is 221 cm³/mol. The maximum Gasteiger partial charge on any atom is 0.322 e. The minimum Gasteiger partial charge on any atom is -0.425 e. The second kappa shape index (κ2) is 12.2. The molecule has 0 saturated carbocycles. The quantitative estimate of drug-likeness (QED) is 0.135. The SMILES string of the molecule is O=C(Oc1ccsc1)C([SiH3])(c1ccsc1)c1cccc2c3nc4nc(nc5[nH]c(nc6nc(nc([nH]3)c12)-c1ccccc1-6)c1ccccc51)-c1ccccc1-4. The molecule has 5 aromatic heterocycles. The van der Waals surface area contributed by atoms with Gasteiger partial charge >= 0.3 is 5.97 Å². The van der Waals surface area contributed by atoms with E-state index in [2.05, 4.69) is 9.97 Å². The number of benzene rings is 4. The Kier molecular flexibility index (Phi) is 7.05. The van der Waals surface area contributed by atoms with E-state index in [1.54, 1.807) is 11.3 Å². The first-order chi connectivity index (χ1) is 27.0. The molecule has 7 heterocycles. The third-order valence-corrected chi connectivity index (χ3v) is 13.2. The van der Waals surface area contributed by atoms with Crippen molar-refractivity contribution in [3.63, 3.8) is 0 Å². The summed E-state index contributed by atoms with van der Waals surface area (Å²) >= 11 is 3.03. The van der Waals surface area contributed by atoms with Crippen LogP contribution >= 0.6 is 22.7 Å². The fourth-order valence-corrected chi connectivity index (χ4v) is 9.91. The number of carbonyl (C=O) groups excluding carboxylic acids is 1. The third-order valence-electron chi connectivity index (χ3n) is 10.3. The number of ether oxygens (including phenoxy) is 1. The number of thiophene rings is 2. The Balaban J connectivity index is 1.29. The van der Waals surface area contributed by atoms with Gasteiger partial charge in [0.2, 0.25) is 0 Å². The molecule has 8 bridgehead atoms. The molecule has 0 aliphatic carbocycles. The highest BCUT2D eigenvalue weighted by molar-refractivity contribution is 7.08. The van der Waals surface area contributed by atoms with E-state index in [0.29, 0.717) is 61.9 Å². The minimum atomic E-state index is -1.09. The van der Waals surface area contributed by atoms with Crippen LogP contribution in [-0.2, 0) is 9.83 Å². The van der Waals surface area contributed by atoms with Crippen LogP contribution in [-0.4, -0.2) is 56.1 Å². The Morgan fingerprint density at radius 3 is 1.58 bits per heavy atom. The lowest BCUT2D eigenvalue weighted by Gasteiger charge is -2.28. The fourth-order valence-electron chi connectivity index (χ4n) is 7.56. The zero-order chi connectivity index (χ0) is 36.7. The molecule has 4 aromatic carbocycles. The van der Waals surface area contributed by atoms with Gasteiger partial charge in [0.1, 0.15) is 33.4 Å². The van der Waals surface area contributed by atoms with Crippen LogP contribution in [0.2, 0.25) is 0 Å². The van der Waals surface area contributed by atoms with Crippen LogP contribution in [0.15, 0.2) is 125 Å². The van der Waals surface area contributed by atoms with Gasteiger partial charge in [-0.1, -0.05) is 91.0 Å². The Bertz CT molecular complexity index is 3190. The smallest absolute Gasteiger partial charge is 0.322 e. The molecule has 13 heteroatoms. The Labute approximate surface area is 323 Å². The van der Waals surface area contributed by atoms with Gasteiger partial charge in [0.25, 0.3) is 0 Å². The number of carbonyl (C=O) groups is 1. The molecule has 0 spiro atoms. The van der Waals surface area contributed by atoms with Crippen LogP contribution in [0, 0.1) is 0 Å². The Morgan fingerprint density at radius 2 is 1.04 bits per heavy atom. The number of fused-ring (bicyclic) bond motifs is 20. The summed E-state index contributed by atoms with van der Waals surface area (Å²) in [4.78, 5) is 52.3. The topological polar surface area (TPSA) is 135 Å². The summed E-state index contributed by atoms with van der Waals surface area (Å²) in [6.07, 6.45) is 0. The zero-order valence-electron chi connectivity index (χ0n) is 28.9. The number of H-pyrrole nitrogens is 2. The first kappa shape index (κ1) is 31.8. The van der Waals surface area contributed by atoms with Crippen LogP contribution in [0.5, 0.6) is 5.75 Å². The summed E-state index contributed by atoms with van der Waals surface area (Å²) in [6.45, 7) is 0. The molecule has 0 saturated heterocycles. The molecule has 2 aliphatic heterocycles. The first-order valence-electron chi connectivity index (χ1n) is 17.5. The molecule has 11 rings (SSSR count). The average Bonchev–Trinajstić information content (AvgIpc) is 4.08. The molecule has 1 atom stereocenters. The lowest BCUT2D eigenvalue weighted by atomic mass is 9.88. The van der Waals surface area contributed by atoms with E-state index in [-0.39, 0.29) is 5.97 Å². The van der Waals surface area contributed by atoms with Gasteiger partial charge in [-0.05, 0) is 39.4 Å². The normalized spacial score (nSPS) is 13.1. The van der Waals surface area contributed by atoms with E-state index in [0.717, 1.165) is 54.9 Å². The zero-order valence-corrected chi connectivity index (χ0v) is 32.6. The minimum absolute atomic E-state index is 0.349. The van der Waals surface area contributed by atoms with Crippen molar-refractivity contribution in [2.45, 2.75) is 5.04 Å². The number of nitrogens with zero attached hydrogens (tertiary/aromatic N) is 6. The van der Waals surface area contributed by atoms with Crippen LogP contribution in [0.25, 0.3) is 89.7 Å². The van der Waals surface area contributed by atoms with E-state index in [1.807, 2.05) is 125 Å². The summed E-state index contributed by atoms with van der Waals surface area (Å²) in [7, 11) is 0.400. The van der Waals surface area contributed by atoms with Crippen LogP contribution in [0.1, 0.15) is 11.1 Å². The highest BCUT2D eigenvalue weighted by Gasteiger charge is 2.41. The molecule has 1 unspecified atom stereocenters. The van der Waals surface area contributed by atoms with Gasteiger partial charge in [0, 0.05) is 59.4 Å². The second-order valence-corrected chi connectivity index (χ2v) is 16.5. The van der Waals surface area contributed by atoms with Crippen molar-refractivity contribution in [1.82, 2.24) is 39.9 Å². The lowest BCUT2D eigenvalue weighted by molar-refractivity contribution is -0.136. The highest BCUT2D eigenvalue weighted by Crippen LogP contribution is 2.41. The first-order valence-corrected chi connectivity index (χ1v) is 20.4. The van der Waals surface area contributed by atoms with E-state index in [9.17, 15) is 4.79 Å². The fraction of sp³-hybridized carbons (Fsp3) is 0.0238. The summed E-state index contributed by atoms with van der Waals surface area (Å²) < 4.78 is 6.10. The second-order valence-electron chi connectivity index (χ2n) is 13.5. The number of hydrogen-bond donors (Lipinski definition) is 2. The summed E-state index contributed by atoms with van der Waals surface area (Å²) in [6, 6.07) is 33.7. The molecule has 9 aromatic rings. The monoisotopic (exact) mass is 766 g/mol. The Morgan fingerprint density at radius 1 is 0.545 bits per heavy atom. The number of aromatic amines is 2. The van der Waals surface area contributed by atoms with Crippen LogP contribution in [0.4, 0.5) is 0 Å². The number of hydrogen-bond acceptors (Lipinski definition) is 10. The van der Waals surface area contributed by atoms with Crippen molar-refractivity contribution in [1.29, 1.82) is 0 Å². The van der Waals surface area contributed by atoms with Crippen molar-refractivity contribution in [3.8, 4) is 51.3 Å². The van der Waals surface area contributed by atoms with Gasteiger partial charge < -0.3 is 14.7 Å². The molecular weight excluding hydrogens is 741 g/mol. The van der Waals surface area contributed by atoms with Crippen molar-refractivity contribution in [2.75, 3.05) is 0 Å². The van der Waals surface area contributed by atoms with Crippen LogP contribution < -0.4 is 4.74 Å². The van der Waals surface area contributed by atoms with Crippen LogP contribution in [0.3, 0.4) is 0 Å². The number of rotatable bonds is 4. The molecule has 2 N–H and O–H groups in total. The summed E-state index contributed by atoms with van der Waals surface area (Å²) in [5.41, 5.74) is 7.38. The molecule has 55 heavy (non-hydrogen) atoms. The van der Waals surface area contributed by atoms with Gasteiger partial charge in [-0.2, -0.15) is 11.3 Å². The molecule has 0 amide bonds. The van der Waals surface area contributed by atoms with Gasteiger partial charge in [0.05, 0.1) is 0 Å². The largest absolute Gasteiger partial charge is 0.425 e. The van der Waals surface area contributed by atoms with E-state index >= 15 is 0 Å². The van der Waals surface area contributed by atoms with Gasteiger partial charge in [-0.3, -0.25) is 4.79 Å². The van der Waals surface area contributed by atoms with E-state index < -0.39 is 5.04 Å². The van der Waals surface area contributed by atoms with Gasteiger partial charge in [-0.15, -0.1) is 11.3 Å². The van der Waals surface area contributed by atoms with E-state index in [4.69, 9.17) is 34.6 Å². The Hall–Kier alpha value is -6.67. The molecule has 0 radical (unpaired) electrons. The number of nitrogens with one attached hydrogen (secondary N) is 2. The van der Waals surface area contributed by atoms with Gasteiger partial charge in [-0.25, -0.2) is 29.9 Å². The maximum absolute atomic E-state index is 14.5. The van der Waals surface area contributed by atoms with E-state index in [1.165, 1.54) is 11.3 Å². The van der Waals surface area contributed by atoms with Crippen molar-refractivity contribution >= 4 is 83.0 Å². The number of aromatic nitrogens is 8. The standard InChI is InChI=1S/C42H26N8O2S2Si/c51-41(52-23-17-19-54-21-23)42(55,22-16-18-53-20-22)31-15-7-14-30-32(31)40-49-38-29-13-6-5-12-28(29)36(47-38)45-34-25-9-2-1-8-24(25)33(43-34)44-35-26-10-3-4-11-27(26)37(46-35)48-39(30)50-40/h1-21H,55H3,(H2,43,44,45,46,47,48,49,50). The molecule has 10 nitrogen and oxygen atoms in total. The van der Waals surface area contributed by atoms with Gasteiger partial charge in [0.15, 0.2) is 23.3 Å². The molecule has 262 valence electrons. The van der Waals surface area contributed by atoms with Crippen molar-refractivity contribution in [3.05, 3.63) is 136 Å². The summed E-state index contributed by atoms with van der Waals surface area (Å²) in [5.74, 6) is 2.22. The van der Waals surface area contributed by atoms with Crippen molar-refractivity contribution in [2.24, 2.45) is 0 Å². The average molecular weight is 767 g/mol. The third kappa shape index (κ3) is 4.94. The van der Waals surface area contributed by atoms with Crippen molar-refractivity contribution < 1.29 is 9.53 Å². The summed E-state index contributed by atoms with van der Waals surface area (Å²) in [5, 5.41) is 10.0. The maximum atomic E-state index is 14.5.